The first kappa shape index (κ1) is 18.4. The van der Waals surface area contributed by atoms with Crippen molar-refractivity contribution < 1.29 is 19.1 Å². The Labute approximate surface area is 161 Å². The van der Waals surface area contributed by atoms with Crippen LogP contribution in [0.25, 0.3) is 11.1 Å². The first-order valence-corrected chi connectivity index (χ1v) is 9.42. The molecule has 1 saturated heterocycles. The number of amides is 1. The van der Waals surface area contributed by atoms with E-state index in [4.69, 9.17) is 5.11 Å². The van der Waals surface area contributed by atoms with Gasteiger partial charge in [-0.1, -0.05) is 18.2 Å². The third-order valence-electron chi connectivity index (χ3n) is 5.66. The predicted molar refractivity (Wildman–Crippen MR) is 100 cm³/mol. The number of carbonyl (C=O) groups is 2. The number of pyridine rings is 1. The number of fused-ring (bicyclic) bond motifs is 4. The van der Waals surface area contributed by atoms with Crippen LogP contribution in [0.1, 0.15) is 30.9 Å². The highest BCUT2D eigenvalue weighted by molar-refractivity contribution is 5.81. The van der Waals surface area contributed by atoms with Gasteiger partial charge in [-0.15, -0.1) is 0 Å². The number of hydrogen-bond donors (Lipinski definition) is 1. The largest absolute Gasteiger partial charge is 0.481 e. The van der Waals surface area contributed by atoms with Gasteiger partial charge >= 0.3 is 5.97 Å². The summed E-state index contributed by atoms with van der Waals surface area (Å²) in [6, 6.07) is 9.61. The van der Waals surface area contributed by atoms with Gasteiger partial charge in [-0.3, -0.25) is 14.4 Å². The molecule has 2 unspecified atom stereocenters. The summed E-state index contributed by atoms with van der Waals surface area (Å²) in [4.78, 5) is 37.4. The van der Waals surface area contributed by atoms with Gasteiger partial charge in [-0.25, -0.2) is 4.39 Å². The number of carboxylic acids is 1. The number of aromatic nitrogens is 1. The molecule has 1 amide bonds. The predicted octanol–water partition coefficient (Wildman–Crippen LogP) is 2.46. The van der Waals surface area contributed by atoms with E-state index < -0.39 is 5.97 Å². The van der Waals surface area contributed by atoms with Gasteiger partial charge in [0.05, 0.1) is 6.42 Å². The molecule has 2 atom stereocenters. The molecular formula is C21H21FN2O4. The van der Waals surface area contributed by atoms with Crippen LogP contribution in [-0.4, -0.2) is 39.5 Å². The SMILES string of the molecule is O=C(O)CCC(=O)N1CC2CC(C1)c1c(-c3ccccc3F)ccc(=O)n1C2. The van der Waals surface area contributed by atoms with Crippen LogP contribution < -0.4 is 5.56 Å². The lowest BCUT2D eigenvalue weighted by Crippen LogP contribution is -2.49. The van der Waals surface area contributed by atoms with Crippen molar-refractivity contribution >= 4 is 11.9 Å². The van der Waals surface area contributed by atoms with E-state index in [1.165, 1.54) is 12.1 Å². The van der Waals surface area contributed by atoms with Crippen molar-refractivity contribution in [3.05, 3.63) is 58.3 Å². The second kappa shape index (κ2) is 7.22. The molecule has 2 aliphatic rings. The molecule has 2 aliphatic heterocycles. The van der Waals surface area contributed by atoms with E-state index in [9.17, 15) is 18.8 Å². The topological polar surface area (TPSA) is 79.6 Å². The Bertz CT molecular complexity index is 1000. The van der Waals surface area contributed by atoms with Crippen LogP contribution in [-0.2, 0) is 16.1 Å². The van der Waals surface area contributed by atoms with Gasteiger partial charge in [0.2, 0.25) is 5.91 Å². The Morgan fingerprint density at radius 3 is 2.57 bits per heavy atom. The van der Waals surface area contributed by atoms with Crippen molar-refractivity contribution in [2.75, 3.05) is 13.1 Å². The zero-order chi connectivity index (χ0) is 19.8. The van der Waals surface area contributed by atoms with Crippen LogP contribution in [0, 0.1) is 11.7 Å². The number of likely N-dealkylation sites (tertiary alicyclic amines) is 1. The fourth-order valence-corrected chi connectivity index (χ4v) is 4.50. The van der Waals surface area contributed by atoms with Crippen LogP contribution in [0.5, 0.6) is 0 Å². The van der Waals surface area contributed by atoms with Crippen LogP contribution in [0.4, 0.5) is 4.39 Å². The number of piperidine rings is 1. The Kier molecular flexibility index (Phi) is 4.75. The molecule has 146 valence electrons. The van der Waals surface area contributed by atoms with Crippen molar-refractivity contribution in [1.29, 1.82) is 0 Å². The van der Waals surface area contributed by atoms with Gasteiger partial charge in [-0.2, -0.15) is 0 Å². The number of carbonyl (C=O) groups excluding carboxylic acids is 1. The van der Waals surface area contributed by atoms with Crippen LogP contribution in [0.15, 0.2) is 41.2 Å². The molecule has 1 aromatic heterocycles. The molecule has 1 fully saturated rings. The van der Waals surface area contributed by atoms with Gasteiger partial charge in [0.25, 0.3) is 5.56 Å². The summed E-state index contributed by atoms with van der Waals surface area (Å²) >= 11 is 0. The molecule has 3 heterocycles. The normalized spacial score (nSPS) is 20.5. The van der Waals surface area contributed by atoms with E-state index >= 15 is 0 Å². The molecule has 7 heteroatoms. The number of rotatable bonds is 4. The minimum Gasteiger partial charge on any atom is -0.481 e. The summed E-state index contributed by atoms with van der Waals surface area (Å²) < 4.78 is 16.2. The maximum atomic E-state index is 14.4. The van der Waals surface area contributed by atoms with Gasteiger partial charge < -0.3 is 14.6 Å². The fourth-order valence-electron chi connectivity index (χ4n) is 4.50. The molecular weight excluding hydrogens is 363 g/mol. The standard InChI is InChI=1S/C21H21FN2O4/c22-17-4-2-1-3-15(17)16-5-6-19(26)24-11-13-9-14(21(16)24)12-23(10-13)18(25)7-8-20(27)28/h1-6,13-14H,7-12H2,(H,27,28). The summed E-state index contributed by atoms with van der Waals surface area (Å²) in [6.07, 6.45) is 0.603. The van der Waals surface area contributed by atoms with E-state index in [0.717, 1.165) is 12.1 Å². The molecule has 0 spiro atoms. The lowest BCUT2D eigenvalue weighted by atomic mass is 9.80. The van der Waals surface area contributed by atoms with E-state index in [0.29, 0.717) is 30.8 Å². The van der Waals surface area contributed by atoms with E-state index in [2.05, 4.69) is 0 Å². The van der Waals surface area contributed by atoms with E-state index in [1.54, 1.807) is 33.7 Å². The van der Waals surface area contributed by atoms with Crippen LogP contribution in [0.2, 0.25) is 0 Å². The lowest BCUT2D eigenvalue weighted by molar-refractivity contribution is -0.141. The van der Waals surface area contributed by atoms with Crippen molar-refractivity contribution in [3.63, 3.8) is 0 Å². The van der Waals surface area contributed by atoms with Crippen LogP contribution in [0.3, 0.4) is 0 Å². The van der Waals surface area contributed by atoms with Gasteiger partial charge in [0, 0.05) is 54.9 Å². The number of halogens is 1. The van der Waals surface area contributed by atoms with Gasteiger partial charge in [0.15, 0.2) is 0 Å². The summed E-state index contributed by atoms with van der Waals surface area (Å²) in [5, 5.41) is 8.83. The lowest BCUT2D eigenvalue weighted by Gasteiger charge is -2.43. The van der Waals surface area contributed by atoms with E-state index in [1.807, 2.05) is 0 Å². The number of carboxylic acid groups (broad SMARTS) is 1. The Morgan fingerprint density at radius 1 is 1.04 bits per heavy atom. The van der Waals surface area contributed by atoms with Crippen LogP contribution >= 0.6 is 0 Å². The molecule has 0 aliphatic carbocycles. The minimum absolute atomic E-state index is 0.0312. The van der Waals surface area contributed by atoms with Crippen molar-refractivity contribution in [2.24, 2.45) is 5.92 Å². The molecule has 0 saturated carbocycles. The molecule has 1 aromatic carbocycles. The van der Waals surface area contributed by atoms with Gasteiger partial charge in [0.1, 0.15) is 5.82 Å². The monoisotopic (exact) mass is 384 g/mol. The minimum atomic E-state index is -0.996. The molecule has 28 heavy (non-hydrogen) atoms. The average molecular weight is 384 g/mol. The summed E-state index contributed by atoms with van der Waals surface area (Å²) in [5.74, 6) is -1.48. The first-order valence-electron chi connectivity index (χ1n) is 9.42. The summed E-state index contributed by atoms with van der Waals surface area (Å²) in [7, 11) is 0. The average Bonchev–Trinajstić information content (AvgIpc) is 2.67. The Morgan fingerprint density at radius 2 is 1.82 bits per heavy atom. The van der Waals surface area contributed by atoms with Crippen molar-refractivity contribution in [2.45, 2.75) is 31.7 Å². The fraction of sp³-hybridized carbons (Fsp3) is 0.381. The molecule has 4 rings (SSSR count). The Balaban J connectivity index is 1.71. The zero-order valence-corrected chi connectivity index (χ0v) is 15.3. The quantitative estimate of drug-likeness (QED) is 0.878. The first-order chi connectivity index (χ1) is 13.4. The smallest absolute Gasteiger partial charge is 0.303 e. The van der Waals surface area contributed by atoms with Gasteiger partial charge in [-0.05, 0) is 24.5 Å². The number of benzene rings is 1. The summed E-state index contributed by atoms with van der Waals surface area (Å²) in [5.41, 5.74) is 1.78. The van der Waals surface area contributed by atoms with E-state index in [-0.39, 0.29) is 42.0 Å². The zero-order valence-electron chi connectivity index (χ0n) is 15.3. The highest BCUT2D eigenvalue weighted by Gasteiger charge is 2.38. The number of nitrogens with zero attached hydrogens (tertiary/aromatic N) is 2. The highest BCUT2D eigenvalue weighted by Crippen LogP contribution is 2.40. The molecule has 1 N–H and O–H groups in total. The number of aliphatic carboxylic acids is 1. The highest BCUT2D eigenvalue weighted by atomic mass is 19.1. The third kappa shape index (κ3) is 3.32. The number of hydrogen-bond acceptors (Lipinski definition) is 3. The molecule has 2 bridgehead atoms. The second-order valence-corrected chi connectivity index (χ2v) is 7.55. The molecule has 0 radical (unpaired) electrons. The molecule has 6 nitrogen and oxygen atoms in total. The molecule has 2 aromatic rings. The Hall–Kier alpha value is -2.96. The third-order valence-corrected chi connectivity index (χ3v) is 5.66. The summed E-state index contributed by atoms with van der Waals surface area (Å²) in [6.45, 7) is 1.42. The maximum Gasteiger partial charge on any atom is 0.303 e. The van der Waals surface area contributed by atoms with Crippen molar-refractivity contribution in [1.82, 2.24) is 9.47 Å². The van der Waals surface area contributed by atoms with Crippen molar-refractivity contribution in [3.8, 4) is 11.1 Å². The second-order valence-electron chi connectivity index (χ2n) is 7.55. The maximum absolute atomic E-state index is 14.4.